The van der Waals surface area contributed by atoms with E-state index in [1.165, 1.54) is 31.2 Å². The van der Waals surface area contributed by atoms with E-state index in [4.69, 9.17) is 0 Å². The second-order valence-corrected chi connectivity index (χ2v) is 7.27. The predicted molar refractivity (Wildman–Crippen MR) is 102 cm³/mol. The highest BCUT2D eigenvalue weighted by Crippen LogP contribution is 2.26. The van der Waals surface area contributed by atoms with Gasteiger partial charge in [0.25, 0.3) is 0 Å². The molecule has 1 aromatic rings. The van der Waals surface area contributed by atoms with Crippen molar-refractivity contribution in [2.75, 3.05) is 5.32 Å². The maximum absolute atomic E-state index is 3.91. The van der Waals surface area contributed by atoms with Gasteiger partial charge < -0.3 is 10.6 Å². The molecular weight excluding hydrogens is 280 g/mol. The zero-order chi connectivity index (χ0) is 16.8. The van der Waals surface area contributed by atoms with Crippen LogP contribution in [0.25, 0.3) is 0 Å². The highest BCUT2D eigenvalue weighted by Gasteiger charge is 2.19. The molecule has 1 fully saturated rings. The van der Waals surface area contributed by atoms with Gasteiger partial charge in [0.05, 0.1) is 0 Å². The topological polar surface area (TPSA) is 24.1 Å². The molecule has 1 aliphatic carbocycles. The van der Waals surface area contributed by atoms with Crippen molar-refractivity contribution in [3.63, 3.8) is 0 Å². The van der Waals surface area contributed by atoms with E-state index in [0.717, 1.165) is 22.9 Å². The highest BCUT2D eigenvalue weighted by molar-refractivity contribution is 5.50. The minimum absolute atomic E-state index is 0.412. The molecule has 2 rings (SSSR count). The average Bonchev–Trinajstić information content (AvgIpc) is 2.49. The van der Waals surface area contributed by atoms with E-state index >= 15 is 0 Å². The van der Waals surface area contributed by atoms with Crippen LogP contribution in [0.5, 0.6) is 0 Å². The summed E-state index contributed by atoms with van der Waals surface area (Å²) in [6.45, 7) is 12.6. The molecule has 2 N–H and O–H groups in total. The minimum atomic E-state index is 0.412. The van der Waals surface area contributed by atoms with Crippen LogP contribution in [0.2, 0.25) is 0 Å². The minimum Gasteiger partial charge on any atom is -0.359 e. The van der Waals surface area contributed by atoms with Gasteiger partial charge in [-0.25, -0.2) is 0 Å². The van der Waals surface area contributed by atoms with Crippen molar-refractivity contribution in [2.45, 2.75) is 65.5 Å². The summed E-state index contributed by atoms with van der Waals surface area (Å²) in [4.78, 5) is 0. The molecule has 23 heavy (non-hydrogen) atoms. The predicted octanol–water partition coefficient (Wildman–Crippen LogP) is 5.81. The van der Waals surface area contributed by atoms with Crippen LogP contribution in [0.4, 0.5) is 5.69 Å². The molecule has 0 amide bonds. The molecule has 1 saturated carbocycles. The Labute approximate surface area is 142 Å². The Hall–Kier alpha value is -1.54. The monoisotopic (exact) mass is 312 g/mol. The van der Waals surface area contributed by atoms with E-state index in [2.05, 4.69) is 68.3 Å². The number of hydrogen-bond donors (Lipinski definition) is 2. The van der Waals surface area contributed by atoms with E-state index in [-0.39, 0.29) is 0 Å². The standard InChI is InChI=1S/C21H32N2/c1-15(2)14-17(4)22-20-12-8-19(9-13-20)18(5)23-21-10-6-16(3)7-11-21/h8-9,12-14,16,18,21-23H,1,6-7,10-11H2,2-5H3/b17-14-. The molecular formula is C21H32N2. The average molecular weight is 313 g/mol. The second-order valence-electron chi connectivity index (χ2n) is 7.27. The van der Waals surface area contributed by atoms with Crippen LogP contribution in [0.15, 0.2) is 48.2 Å². The van der Waals surface area contributed by atoms with Crippen LogP contribution in [0.1, 0.15) is 65.0 Å². The summed E-state index contributed by atoms with van der Waals surface area (Å²) < 4.78 is 0. The molecule has 0 aromatic heterocycles. The molecule has 0 heterocycles. The fourth-order valence-corrected chi connectivity index (χ4v) is 3.37. The Kier molecular flexibility index (Phi) is 6.47. The number of anilines is 1. The first kappa shape index (κ1) is 17.8. The third-order valence-electron chi connectivity index (χ3n) is 4.72. The third-order valence-corrected chi connectivity index (χ3v) is 4.72. The Bertz CT molecular complexity index is 533. The van der Waals surface area contributed by atoms with Gasteiger partial charge >= 0.3 is 0 Å². The summed E-state index contributed by atoms with van der Waals surface area (Å²) >= 11 is 0. The Morgan fingerprint density at radius 1 is 1.13 bits per heavy atom. The molecule has 2 nitrogen and oxygen atoms in total. The lowest BCUT2D eigenvalue weighted by molar-refractivity contribution is 0.292. The third kappa shape index (κ3) is 5.87. The van der Waals surface area contributed by atoms with Gasteiger partial charge in [0.2, 0.25) is 0 Å². The molecule has 1 unspecified atom stereocenters. The van der Waals surface area contributed by atoms with Crippen LogP contribution >= 0.6 is 0 Å². The Morgan fingerprint density at radius 3 is 2.30 bits per heavy atom. The summed E-state index contributed by atoms with van der Waals surface area (Å²) in [6, 6.07) is 9.85. The van der Waals surface area contributed by atoms with Crippen molar-refractivity contribution < 1.29 is 0 Å². The number of hydrogen-bond acceptors (Lipinski definition) is 2. The molecule has 126 valence electrons. The van der Waals surface area contributed by atoms with Crippen molar-refractivity contribution in [3.8, 4) is 0 Å². The molecule has 1 aromatic carbocycles. The van der Waals surface area contributed by atoms with Crippen molar-refractivity contribution in [1.29, 1.82) is 0 Å². The fourth-order valence-electron chi connectivity index (χ4n) is 3.37. The van der Waals surface area contributed by atoms with Crippen LogP contribution in [-0.4, -0.2) is 6.04 Å². The van der Waals surface area contributed by atoms with Gasteiger partial charge in [-0.3, -0.25) is 0 Å². The van der Waals surface area contributed by atoms with Gasteiger partial charge in [-0.05, 0) is 76.1 Å². The van der Waals surface area contributed by atoms with Gasteiger partial charge in [-0.1, -0.05) is 31.2 Å². The number of benzene rings is 1. The molecule has 0 radical (unpaired) electrons. The number of nitrogens with one attached hydrogen (secondary N) is 2. The Balaban J connectivity index is 1.89. The second kappa shape index (κ2) is 8.35. The van der Waals surface area contributed by atoms with Crippen molar-refractivity contribution in [3.05, 3.63) is 53.8 Å². The summed E-state index contributed by atoms with van der Waals surface area (Å²) in [7, 11) is 0. The van der Waals surface area contributed by atoms with Crippen molar-refractivity contribution in [2.24, 2.45) is 5.92 Å². The van der Waals surface area contributed by atoms with Gasteiger partial charge in [0.1, 0.15) is 0 Å². The summed E-state index contributed by atoms with van der Waals surface area (Å²) in [5.74, 6) is 0.907. The molecule has 0 saturated heterocycles. The normalized spacial score (nSPS) is 23.4. The first-order valence-corrected chi connectivity index (χ1v) is 8.91. The Morgan fingerprint density at radius 2 is 1.74 bits per heavy atom. The molecule has 1 aliphatic rings. The van der Waals surface area contributed by atoms with Gasteiger partial charge in [-0.2, -0.15) is 0 Å². The van der Waals surface area contributed by atoms with E-state index in [9.17, 15) is 0 Å². The fraction of sp³-hybridized carbons (Fsp3) is 0.524. The number of allylic oxidation sites excluding steroid dienone is 3. The SMILES string of the molecule is C=C(C)/C=C(/C)Nc1ccc(C(C)NC2CCC(C)CC2)cc1. The summed E-state index contributed by atoms with van der Waals surface area (Å²) in [5.41, 5.74) is 4.66. The van der Waals surface area contributed by atoms with E-state index < -0.39 is 0 Å². The lowest BCUT2D eigenvalue weighted by Gasteiger charge is -2.30. The van der Waals surface area contributed by atoms with Gasteiger partial charge in [0.15, 0.2) is 0 Å². The van der Waals surface area contributed by atoms with E-state index in [0.29, 0.717) is 12.1 Å². The lowest BCUT2D eigenvalue weighted by atomic mass is 9.87. The van der Waals surface area contributed by atoms with Crippen molar-refractivity contribution in [1.82, 2.24) is 5.32 Å². The molecule has 2 heteroatoms. The van der Waals surface area contributed by atoms with E-state index in [1.54, 1.807) is 0 Å². The number of rotatable bonds is 6. The van der Waals surface area contributed by atoms with Gasteiger partial charge in [-0.15, -0.1) is 0 Å². The maximum atomic E-state index is 3.91. The van der Waals surface area contributed by atoms with Crippen LogP contribution < -0.4 is 10.6 Å². The summed E-state index contributed by atoms with van der Waals surface area (Å²) in [6.07, 6.45) is 7.41. The quantitative estimate of drug-likeness (QED) is 0.648. The first-order valence-electron chi connectivity index (χ1n) is 8.91. The van der Waals surface area contributed by atoms with Crippen molar-refractivity contribution >= 4 is 5.69 Å². The van der Waals surface area contributed by atoms with Gasteiger partial charge in [0, 0.05) is 23.5 Å². The highest BCUT2D eigenvalue weighted by atomic mass is 14.9. The summed E-state index contributed by atoms with van der Waals surface area (Å²) in [5, 5.41) is 7.20. The first-order chi connectivity index (χ1) is 10.9. The largest absolute Gasteiger partial charge is 0.359 e. The van der Waals surface area contributed by atoms with Crippen LogP contribution in [0, 0.1) is 5.92 Å². The molecule has 0 bridgehead atoms. The van der Waals surface area contributed by atoms with Crippen LogP contribution in [-0.2, 0) is 0 Å². The molecule has 1 atom stereocenters. The lowest BCUT2D eigenvalue weighted by Crippen LogP contribution is -2.34. The zero-order valence-corrected chi connectivity index (χ0v) is 15.2. The van der Waals surface area contributed by atoms with Crippen LogP contribution in [0.3, 0.4) is 0 Å². The molecule has 0 aliphatic heterocycles. The smallest absolute Gasteiger partial charge is 0.0381 e. The maximum Gasteiger partial charge on any atom is 0.0381 e. The van der Waals surface area contributed by atoms with E-state index in [1.807, 2.05) is 6.92 Å². The molecule has 0 spiro atoms. The zero-order valence-electron chi connectivity index (χ0n) is 15.2.